The third-order valence-electron chi connectivity index (χ3n) is 2.49. The Labute approximate surface area is 95.6 Å². The highest BCUT2D eigenvalue weighted by Crippen LogP contribution is 2.21. The van der Waals surface area contributed by atoms with Gasteiger partial charge in [0.25, 0.3) is 0 Å². The summed E-state index contributed by atoms with van der Waals surface area (Å²) in [5.74, 6) is -1.73. The molecule has 0 spiro atoms. The van der Waals surface area contributed by atoms with E-state index in [-0.39, 0.29) is 19.6 Å². The summed E-state index contributed by atoms with van der Waals surface area (Å²) in [6, 6.07) is -1.01. The molecule has 2 N–H and O–H groups in total. The van der Waals surface area contributed by atoms with Gasteiger partial charge in [-0.3, -0.25) is 14.5 Å². The normalized spacial score (nSPS) is 22.3. The Kier molecular flexibility index (Phi) is 4.33. The van der Waals surface area contributed by atoms with Gasteiger partial charge in [-0.25, -0.2) is 0 Å². The SMILES string of the molecule is O=C(O)CC1C(=O)NCCN1CCC(F)(F)F. The Morgan fingerprint density at radius 3 is 2.71 bits per heavy atom. The number of nitrogens with one attached hydrogen (secondary N) is 1. The van der Waals surface area contributed by atoms with E-state index in [1.807, 2.05) is 0 Å². The van der Waals surface area contributed by atoms with Gasteiger partial charge in [0.15, 0.2) is 0 Å². The first-order valence-electron chi connectivity index (χ1n) is 5.10. The molecule has 1 amide bonds. The predicted octanol–water partition coefficient (Wildman–Crippen LogP) is 0.214. The maximum Gasteiger partial charge on any atom is 0.390 e. The predicted molar refractivity (Wildman–Crippen MR) is 51.3 cm³/mol. The van der Waals surface area contributed by atoms with Crippen LogP contribution in [0.2, 0.25) is 0 Å². The monoisotopic (exact) mass is 254 g/mol. The molecule has 0 aromatic carbocycles. The number of amides is 1. The summed E-state index contributed by atoms with van der Waals surface area (Å²) in [5, 5.41) is 11.0. The van der Waals surface area contributed by atoms with Crippen molar-refractivity contribution in [2.45, 2.75) is 25.1 Å². The van der Waals surface area contributed by atoms with Crippen molar-refractivity contribution >= 4 is 11.9 Å². The summed E-state index contributed by atoms with van der Waals surface area (Å²) in [6.07, 6.45) is -5.83. The number of carbonyl (C=O) groups excluding carboxylic acids is 1. The lowest BCUT2D eigenvalue weighted by atomic mass is 10.1. The molecule has 98 valence electrons. The molecule has 1 aliphatic rings. The Balaban J connectivity index is 2.59. The van der Waals surface area contributed by atoms with Gasteiger partial charge < -0.3 is 10.4 Å². The lowest BCUT2D eigenvalue weighted by molar-refractivity contribution is -0.148. The van der Waals surface area contributed by atoms with Crippen molar-refractivity contribution in [2.75, 3.05) is 19.6 Å². The van der Waals surface area contributed by atoms with Gasteiger partial charge in [0, 0.05) is 19.6 Å². The van der Waals surface area contributed by atoms with Gasteiger partial charge in [-0.2, -0.15) is 13.2 Å². The first-order valence-corrected chi connectivity index (χ1v) is 5.10. The van der Waals surface area contributed by atoms with Gasteiger partial charge in [-0.05, 0) is 0 Å². The molecule has 1 heterocycles. The van der Waals surface area contributed by atoms with E-state index in [9.17, 15) is 22.8 Å². The van der Waals surface area contributed by atoms with E-state index in [0.29, 0.717) is 0 Å². The molecule has 8 heteroatoms. The van der Waals surface area contributed by atoms with Gasteiger partial charge in [-0.15, -0.1) is 0 Å². The zero-order chi connectivity index (χ0) is 13.1. The molecule has 0 aliphatic carbocycles. The van der Waals surface area contributed by atoms with E-state index in [1.54, 1.807) is 0 Å². The molecule has 1 saturated heterocycles. The van der Waals surface area contributed by atoms with Crippen LogP contribution in [-0.2, 0) is 9.59 Å². The maximum atomic E-state index is 12.1. The quantitative estimate of drug-likeness (QED) is 0.752. The van der Waals surface area contributed by atoms with Crippen molar-refractivity contribution in [3.63, 3.8) is 0 Å². The van der Waals surface area contributed by atoms with Crippen molar-refractivity contribution in [3.05, 3.63) is 0 Å². The molecule has 0 aromatic rings. The summed E-state index contributed by atoms with van der Waals surface area (Å²) in [5.41, 5.74) is 0. The van der Waals surface area contributed by atoms with Gasteiger partial charge in [0.1, 0.15) is 0 Å². The molecular weight excluding hydrogens is 241 g/mol. The smallest absolute Gasteiger partial charge is 0.390 e. The molecule has 1 fully saturated rings. The molecule has 1 aliphatic heterocycles. The summed E-state index contributed by atoms with van der Waals surface area (Å²) in [6.45, 7) is 0.126. The van der Waals surface area contributed by atoms with Crippen LogP contribution in [0.15, 0.2) is 0 Å². The van der Waals surface area contributed by atoms with Crippen LogP contribution < -0.4 is 5.32 Å². The topological polar surface area (TPSA) is 69.6 Å². The van der Waals surface area contributed by atoms with Crippen LogP contribution in [-0.4, -0.2) is 53.7 Å². The number of piperazine rings is 1. The summed E-state index contributed by atoms with van der Waals surface area (Å²) >= 11 is 0. The largest absolute Gasteiger partial charge is 0.481 e. The minimum atomic E-state index is -4.30. The number of halogens is 3. The van der Waals surface area contributed by atoms with E-state index in [4.69, 9.17) is 5.11 Å². The van der Waals surface area contributed by atoms with Crippen LogP contribution in [0.25, 0.3) is 0 Å². The molecule has 0 radical (unpaired) electrons. The molecule has 0 aromatic heterocycles. The highest BCUT2D eigenvalue weighted by Gasteiger charge is 2.34. The van der Waals surface area contributed by atoms with Crippen LogP contribution in [0.5, 0.6) is 0 Å². The van der Waals surface area contributed by atoms with E-state index in [2.05, 4.69) is 5.32 Å². The van der Waals surface area contributed by atoms with E-state index < -0.39 is 36.9 Å². The zero-order valence-corrected chi connectivity index (χ0v) is 8.96. The fraction of sp³-hybridized carbons (Fsp3) is 0.778. The van der Waals surface area contributed by atoms with Crippen molar-refractivity contribution in [1.29, 1.82) is 0 Å². The molecule has 0 saturated carbocycles. The molecule has 1 unspecified atom stereocenters. The summed E-state index contributed by atoms with van der Waals surface area (Å²) in [4.78, 5) is 23.2. The number of alkyl halides is 3. The Bertz CT molecular complexity index is 306. The van der Waals surface area contributed by atoms with Crippen molar-refractivity contribution in [3.8, 4) is 0 Å². The van der Waals surface area contributed by atoms with Crippen molar-refractivity contribution in [2.24, 2.45) is 0 Å². The van der Waals surface area contributed by atoms with E-state index in [0.717, 1.165) is 0 Å². The fourth-order valence-corrected chi connectivity index (χ4v) is 1.69. The van der Waals surface area contributed by atoms with Gasteiger partial charge in [-0.1, -0.05) is 0 Å². The Hall–Kier alpha value is -1.31. The second-order valence-corrected chi connectivity index (χ2v) is 3.81. The Morgan fingerprint density at radius 1 is 1.53 bits per heavy atom. The third kappa shape index (κ3) is 4.59. The summed E-state index contributed by atoms with van der Waals surface area (Å²) in [7, 11) is 0. The van der Waals surface area contributed by atoms with Crippen molar-refractivity contribution < 1.29 is 27.9 Å². The van der Waals surface area contributed by atoms with Crippen LogP contribution in [0.4, 0.5) is 13.2 Å². The molecular formula is C9H13F3N2O3. The number of carbonyl (C=O) groups is 2. The lowest BCUT2D eigenvalue weighted by Gasteiger charge is -2.34. The minimum absolute atomic E-state index is 0.236. The molecule has 17 heavy (non-hydrogen) atoms. The molecule has 1 atom stereocenters. The first-order chi connectivity index (χ1) is 7.79. The van der Waals surface area contributed by atoms with Crippen molar-refractivity contribution in [1.82, 2.24) is 10.2 Å². The van der Waals surface area contributed by atoms with Gasteiger partial charge in [0.05, 0.1) is 18.9 Å². The molecule has 1 rings (SSSR count). The highest BCUT2D eigenvalue weighted by atomic mass is 19.4. The standard InChI is InChI=1S/C9H13F3N2O3/c10-9(11,12)1-3-14-4-2-13-8(17)6(14)5-7(15)16/h6H,1-5H2,(H,13,17)(H,15,16). The van der Waals surface area contributed by atoms with Crippen LogP contribution in [0.3, 0.4) is 0 Å². The Morgan fingerprint density at radius 2 is 2.18 bits per heavy atom. The van der Waals surface area contributed by atoms with Crippen LogP contribution >= 0.6 is 0 Å². The van der Waals surface area contributed by atoms with E-state index in [1.165, 1.54) is 4.90 Å². The number of rotatable bonds is 4. The van der Waals surface area contributed by atoms with Gasteiger partial charge >= 0.3 is 12.1 Å². The minimum Gasteiger partial charge on any atom is -0.481 e. The summed E-state index contributed by atoms with van der Waals surface area (Å²) < 4.78 is 36.2. The number of carboxylic acids is 1. The highest BCUT2D eigenvalue weighted by molar-refractivity contribution is 5.86. The number of hydrogen-bond donors (Lipinski definition) is 2. The van der Waals surface area contributed by atoms with Crippen LogP contribution in [0.1, 0.15) is 12.8 Å². The number of aliphatic carboxylic acids is 1. The average Bonchev–Trinajstić information content (AvgIpc) is 2.17. The van der Waals surface area contributed by atoms with E-state index >= 15 is 0 Å². The van der Waals surface area contributed by atoms with Gasteiger partial charge in [0.2, 0.25) is 5.91 Å². The second-order valence-electron chi connectivity index (χ2n) is 3.81. The number of nitrogens with zero attached hydrogens (tertiary/aromatic N) is 1. The fourth-order valence-electron chi connectivity index (χ4n) is 1.69. The second kappa shape index (κ2) is 5.35. The third-order valence-corrected chi connectivity index (χ3v) is 2.49. The average molecular weight is 254 g/mol. The number of carboxylic acid groups (broad SMARTS) is 1. The zero-order valence-electron chi connectivity index (χ0n) is 8.96. The molecule has 0 bridgehead atoms. The first kappa shape index (κ1) is 13.8. The molecule has 5 nitrogen and oxygen atoms in total. The maximum absolute atomic E-state index is 12.1. The van der Waals surface area contributed by atoms with Crippen LogP contribution in [0, 0.1) is 0 Å². The lowest BCUT2D eigenvalue weighted by Crippen LogP contribution is -2.56. The number of hydrogen-bond acceptors (Lipinski definition) is 3.